The molecule has 2 aromatic carbocycles. The van der Waals surface area contributed by atoms with Crippen molar-refractivity contribution in [2.24, 2.45) is 0 Å². The third-order valence-electron chi connectivity index (χ3n) is 3.99. The molecule has 0 aliphatic heterocycles. The van der Waals surface area contributed by atoms with E-state index in [1.165, 1.54) is 6.07 Å². The van der Waals surface area contributed by atoms with Crippen LogP contribution >= 0.6 is 0 Å². The Balaban J connectivity index is 1.60. The number of carbonyl (C=O) groups is 2. The summed E-state index contributed by atoms with van der Waals surface area (Å²) in [7, 11) is 0. The van der Waals surface area contributed by atoms with E-state index >= 15 is 0 Å². The minimum atomic E-state index is -0.662. The number of para-hydroxylation sites is 1. The van der Waals surface area contributed by atoms with Gasteiger partial charge in [-0.3, -0.25) is 20.4 Å². The van der Waals surface area contributed by atoms with Crippen LogP contribution in [0, 0.1) is 6.92 Å². The monoisotopic (exact) mass is 388 g/mol. The van der Waals surface area contributed by atoms with Crippen molar-refractivity contribution in [1.82, 2.24) is 30.8 Å². The van der Waals surface area contributed by atoms with Crippen molar-refractivity contribution in [3.63, 3.8) is 0 Å². The van der Waals surface area contributed by atoms with Gasteiger partial charge in [-0.25, -0.2) is 9.67 Å². The number of hydrogen-bond donors (Lipinski definition) is 2. The largest absolute Gasteiger partial charge is 0.361 e. The topological polar surface area (TPSA) is 115 Å². The number of amides is 2. The number of benzene rings is 2. The Morgan fingerprint density at radius 1 is 0.931 bits per heavy atom. The zero-order valence-electron chi connectivity index (χ0n) is 15.4. The minimum absolute atomic E-state index is 0.0514. The molecule has 0 atom stereocenters. The van der Waals surface area contributed by atoms with Gasteiger partial charge in [0.2, 0.25) is 5.82 Å². The first-order valence-electron chi connectivity index (χ1n) is 8.74. The van der Waals surface area contributed by atoms with Crippen LogP contribution in [-0.4, -0.2) is 31.7 Å². The van der Waals surface area contributed by atoms with E-state index in [0.717, 1.165) is 11.3 Å². The lowest BCUT2D eigenvalue weighted by Crippen LogP contribution is -2.42. The molecule has 0 saturated heterocycles. The zero-order chi connectivity index (χ0) is 20.2. The van der Waals surface area contributed by atoms with Crippen molar-refractivity contribution < 1.29 is 14.1 Å². The molecule has 9 nitrogen and oxygen atoms in total. The lowest BCUT2D eigenvalue weighted by Gasteiger charge is -2.05. The number of hydrazine groups is 1. The van der Waals surface area contributed by atoms with Gasteiger partial charge in [0.1, 0.15) is 5.76 Å². The molecule has 2 aromatic heterocycles. The molecule has 0 radical (unpaired) electrons. The van der Waals surface area contributed by atoms with Crippen LogP contribution in [0.3, 0.4) is 0 Å². The maximum atomic E-state index is 12.5. The van der Waals surface area contributed by atoms with Crippen molar-refractivity contribution in [2.75, 3.05) is 0 Å². The first-order chi connectivity index (χ1) is 14.1. The number of nitrogens with one attached hydrogen (secondary N) is 2. The zero-order valence-corrected chi connectivity index (χ0v) is 15.4. The summed E-state index contributed by atoms with van der Waals surface area (Å²) in [4.78, 5) is 28.9. The summed E-state index contributed by atoms with van der Waals surface area (Å²) in [6, 6.07) is 20.2. The van der Waals surface area contributed by atoms with Gasteiger partial charge in [-0.1, -0.05) is 53.7 Å². The number of aryl methyl sites for hydroxylation is 1. The maximum absolute atomic E-state index is 12.5. The average molecular weight is 388 g/mol. The first-order valence-corrected chi connectivity index (χ1v) is 8.74. The standard InChI is InChI=1S/C20H16N6O3/c1-13-12-16(25-29-13)19(27)22-23-20(28)17-21-18(14-8-4-2-5-9-14)26(24-17)15-10-6-3-7-11-15/h2-12H,1H3,(H,22,27)(H,23,28). The highest BCUT2D eigenvalue weighted by Crippen LogP contribution is 2.20. The van der Waals surface area contributed by atoms with Gasteiger partial charge in [0.05, 0.1) is 5.69 Å². The minimum Gasteiger partial charge on any atom is -0.361 e. The number of hydrogen-bond acceptors (Lipinski definition) is 6. The Bertz CT molecular complexity index is 1090. The molecule has 0 aliphatic carbocycles. The number of nitrogens with zero attached hydrogens (tertiary/aromatic N) is 4. The number of carbonyl (C=O) groups excluding carboxylic acids is 2. The lowest BCUT2D eigenvalue weighted by molar-refractivity contribution is 0.0836. The van der Waals surface area contributed by atoms with Crippen LogP contribution in [0.5, 0.6) is 0 Å². The Morgan fingerprint density at radius 2 is 1.59 bits per heavy atom. The van der Waals surface area contributed by atoms with Gasteiger partial charge in [0, 0.05) is 11.6 Å². The van der Waals surface area contributed by atoms with Gasteiger partial charge in [0.15, 0.2) is 11.5 Å². The predicted molar refractivity (Wildman–Crippen MR) is 103 cm³/mol. The highest BCUT2D eigenvalue weighted by molar-refractivity contribution is 5.96. The van der Waals surface area contributed by atoms with E-state index in [1.807, 2.05) is 60.7 Å². The molecule has 144 valence electrons. The fourth-order valence-corrected chi connectivity index (χ4v) is 2.64. The normalized spacial score (nSPS) is 10.5. The van der Waals surface area contributed by atoms with Crippen LogP contribution in [-0.2, 0) is 0 Å². The second kappa shape index (κ2) is 7.77. The maximum Gasteiger partial charge on any atom is 0.309 e. The molecule has 4 rings (SSSR count). The van der Waals surface area contributed by atoms with Crippen LogP contribution in [0.4, 0.5) is 0 Å². The summed E-state index contributed by atoms with van der Waals surface area (Å²) in [6.45, 7) is 1.66. The summed E-state index contributed by atoms with van der Waals surface area (Å²) >= 11 is 0. The molecule has 0 fully saturated rings. The van der Waals surface area contributed by atoms with Crippen molar-refractivity contribution in [3.8, 4) is 17.1 Å². The summed E-state index contributed by atoms with van der Waals surface area (Å²) in [6.07, 6.45) is 0. The van der Waals surface area contributed by atoms with Crippen LogP contribution in [0.15, 0.2) is 71.3 Å². The Labute approximate surface area is 165 Å². The molecule has 0 aliphatic rings. The molecule has 9 heteroatoms. The van der Waals surface area contributed by atoms with E-state index in [-0.39, 0.29) is 11.5 Å². The fraction of sp³-hybridized carbons (Fsp3) is 0.0500. The molecular formula is C20H16N6O3. The summed E-state index contributed by atoms with van der Waals surface area (Å²) in [5, 5.41) is 7.91. The van der Waals surface area contributed by atoms with Gasteiger partial charge in [-0.2, -0.15) is 0 Å². The smallest absolute Gasteiger partial charge is 0.309 e. The van der Waals surface area contributed by atoms with E-state index in [9.17, 15) is 9.59 Å². The van der Waals surface area contributed by atoms with E-state index < -0.39 is 11.8 Å². The van der Waals surface area contributed by atoms with Gasteiger partial charge >= 0.3 is 5.91 Å². The van der Waals surface area contributed by atoms with Crippen LogP contribution in [0.25, 0.3) is 17.1 Å². The number of rotatable bonds is 4. The molecule has 2 N–H and O–H groups in total. The molecule has 0 saturated carbocycles. The van der Waals surface area contributed by atoms with E-state index in [0.29, 0.717) is 11.6 Å². The van der Waals surface area contributed by atoms with Crippen molar-refractivity contribution in [2.45, 2.75) is 6.92 Å². The summed E-state index contributed by atoms with van der Waals surface area (Å²) in [5.41, 5.74) is 6.16. The van der Waals surface area contributed by atoms with Crippen LogP contribution in [0.2, 0.25) is 0 Å². The third kappa shape index (κ3) is 3.88. The SMILES string of the molecule is Cc1cc(C(=O)NNC(=O)c2nc(-c3ccccc3)n(-c3ccccc3)n2)no1. The van der Waals surface area contributed by atoms with Gasteiger partial charge in [0.25, 0.3) is 5.91 Å². The van der Waals surface area contributed by atoms with Crippen LogP contribution < -0.4 is 10.9 Å². The second-order valence-corrected chi connectivity index (χ2v) is 6.10. The number of aromatic nitrogens is 4. The lowest BCUT2D eigenvalue weighted by atomic mass is 10.2. The van der Waals surface area contributed by atoms with Crippen molar-refractivity contribution in [3.05, 3.63) is 84.0 Å². The molecule has 0 bridgehead atoms. The quantitative estimate of drug-likeness (QED) is 0.519. The highest BCUT2D eigenvalue weighted by atomic mass is 16.5. The molecule has 4 aromatic rings. The van der Waals surface area contributed by atoms with E-state index in [1.54, 1.807) is 11.6 Å². The highest BCUT2D eigenvalue weighted by Gasteiger charge is 2.20. The molecule has 0 spiro atoms. The van der Waals surface area contributed by atoms with Gasteiger partial charge in [-0.05, 0) is 19.1 Å². The third-order valence-corrected chi connectivity index (χ3v) is 3.99. The van der Waals surface area contributed by atoms with Crippen molar-refractivity contribution >= 4 is 11.8 Å². The predicted octanol–water partition coefficient (Wildman–Crippen LogP) is 2.31. The first kappa shape index (κ1) is 18.1. The van der Waals surface area contributed by atoms with Crippen LogP contribution in [0.1, 0.15) is 26.9 Å². The van der Waals surface area contributed by atoms with E-state index in [2.05, 4.69) is 26.1 Å². The Morgan fingerprint density at radius 3 is 2.24 bits per heavy atom. The summed E-state index contributed by atoms with van der Waals surface area (Å²) < 4.78 is 6.42. The second-order valence-electron chi connectivity index (χ2n) is 6.10. The van der Waals surface area contributed by atoms with Gasteiger partial charge < -0.3 is 4.52 Å². The molecule has 0 unspecified atom stereocenters. The van der Waals surface area contributed by atoms with Crippen molar-refractivity contribution in [1.29, 1.82) is 0 Å². The molecule has 29 heavy (non-hydrogen) atoms. The molecular weight excluding hydrogens is 372 g/mol. The Hall–Kier alpha value is -4.27. The van der Waals surface area contributed by atoms with E-state index in [4.69, 9.17) is 4.52 Å². The fourth-order valence-electron chi connectivity index (χ4n) is 2.64. The molecule has 2 heterocycles. The summed E-state index contributed by atoms with van der Waals surface area (Å²) in [5.74, 6) is -0.381. The molecule has 2 amide bonds. The Kier molecular flexibility index (Phi) is 4.85. The van der Waals surface area contributed by atoms with Gasteiger partial charge in [-0.15, -0.1) is 5.10 Å². The average Bonchev–Trinajstić information content (AvgIpc) is 3.40.